The van der Waals surface area contributed by atoms with E-state index in [0.29, 0.717) is 0 Å². The summed E-state index contributed by atoms with van der Waals surface area (Å²) >= 11 is 3.24. The number of aromatic nitrogens is 2. The number of nitrogens with zero attached hydrogens (tertiary/aromatic N) is 2. The van der Waals surface area contributed by atoms with E-state index in [4.69, 9.17) is 4.84 Å². The molecule has 0 aliphatic rings. The third-order valence-corrected chi connectivity index (χ3v) is 2.17. The molecule has 0 bridgehead atoms. The zero-order chi connectivity index (χ0) is 10.7. The van der Waals surface area contributed by atoms with Crippen molar-refractivity contribution in [3.63, 3.8) is 0 Å². The average molecular weight is 267 g/mol. The van der Waals surface area contributed by atoms with Gasteiger partial charge in [0, 0.05) is 23.1 Å². The summed E-state index contributed by atoms with van der Waals surface area (Å²) in [7, 11) is 0. The lowest BCUT2D eigenvalue weighted by Crippen LogP contribution is -2.19. The lowest BCUT2D eigenvalue weighted by molar-refractivity contribution is 0.0456. The van der Waals surface area contributed by atoms with Gasteiger partial charge in [0.25, 0.3) is 0 Å². The normalized spacial score (nSPS) is 9.93. The first kappa shape index (κ1) is 9.92. The summed E-state index contributed by atoms with van der Waals surface area (Å²) in [5, 5.41) is 0. The smallest absolute Gasteiger partial charge is 0.330 e. The summed E-state index contributed by atoms with van der Waals surface area (Å²) in [6.45, 7) is 0. The molecule has 2 aromatic rings. The van der Waals surface area contributed by atoms with Crippen LogP contribution in [0.3, 0.4) is 0 Å². The standard InChI is InChI=1S/C10H7BrN2O2/c11-8-3-4-9(12-7-8)10(14)15-13-5-1-2-6-13/h1-7H. The van der Waals surface area contributed by atoms with Crippen molar-refractivity contribution in [1.29, 1.82) is 0 Å². The zero-order valence-corrected chi connectivity index (χ0v) is 9.22. The minimum absolute atomic E-state index is 0.270. The molecule has 0 atom stereocenters. The van der Waals surface area contributed by atoms with Gasteiger partial charge in [-0.05, 0) is 40.2 Å². The van der Waals surface area contributed by atoms with Gasteiger partial charge in [0.15, 0.2) is 5.69 Å². The number of halogens is 1. The number of hydrogen-bond acceptors (Lipinski definition) is 3. The van der Waals surface area contributed by atoms with Crippen molar-refractivity contribution in [2.45, 2.75) is 0 Å². The summed E-state index contributed by atoms with van der Waals surface area (Å²) in [5.41, 5.74) is 0.270. The van der Waals surface area contributed by atoms with Crippen molar-refractivity contribution in [2.24, 2.45) is 0 Å². The highest BCUT2D eigenvalue weighted by Crippen LogP contribution is 2.07. The van der Waals surface area contributed by atoms with E-state index in [1.807, 2.05) is 0 Å². The van der Waals surface area contributed by atoms with E-state index in [1.54, 1.807) is 42.9 Å². The highest BCUT2D eigenvalue weighted by atomic mass is 79.9. The van der Waals surface area contributed by atoms with Gasteiger partial charge in [-0.2, -0.15) is 4.73 Å². The van der Waals surface area contributed by atoms with Crippen LogP contribution in [0.1, 0.15) is 10.5 Å². The minimum atomic E-state index is -0.487. The summed E-state index contributed by atoms with van der Waals surface area (Å²) in [6, 6.07) is 6.86. The number of hydrogen-bond donors (Lipinski definition) is 0. The second-order valence-electron chi connectivity index (χ2n) is 2.78. The second kappa shape index (κ2) is 4.27. The van der Waals surface area contributed by atoms with Gasteiger partial charge in [-0.25, -0.2) is 9.78 Å². The Hall–Kier alpha value is -1.62. The van der Waals surface area contributed by atoms with Crippen LogP contribution >= 0.6 is 15.9 Å². The van der Waals surface area contributed by atoms with Crippen LogP contribution in [0.5, 0.6) is 0 Å². The van der Waals surface area contributed by atoms with Gasteiger partial charge in [0.05, 0.1) is 0 Å². The minimum Gasteiger partial charge on any atom is -0.330 e. The highest BCUT2D eigenvalue weighted by Gasteiger charge is 2.08. The van der Waals surface area contributed by atoms with E-state index in [1.165, 1.54) is 4.73 Å². The van der Waals surface area contributed by atoms with E-state index in [2.05, 4.69) is 20.9 Å². The van der Waals surface area contributed by atoms with Crippen molar-refractivity contribution >= 4 is 21.9 Å². The lowest BCUT2D eigenvalue weighted by atomic mass is 10.4. The molecule has 0 saturated heterocycles. The second-order valence-corrected chi connectivity index (χ2v) is 3.70. The van der Waals surface area contributed by atoms with Crippen molar-refractivity contribution < 1.29 is 9.63 Å². The van der Waals surface area contributed by atoms with Gasteiger partial charge in [-0.15, -0.1) is 0 Å². The van der Waals surface area contributed by atoms with Crippen LogP contribution < -0.4 is 4.84 Å². The SMILES string of the molecule is O=C(On1cccc1)c1ccc(Br)cn1. The first-order valence-corrected chi connectivity index (χ1v) is 5.02. The van der Waals surface area contributed by atoms with Gasteiger partial charge < -0.3 is 4.84 Å². The third kappa shape index (κ3) is 2.44. The van der Waals surface area contributed by atoms with E-state index < -0.39 is 5.97 Å². The maximum Gasteiger partial charge on any atom is 0.381 e. The molecule has 2 rings (SSSR count). The molecule has 0 radical (unpaired) electrons. The van der Waals surface area contributed by atoms with Crippen molar-refractivity contribution in [3.8, 4) is 0 Å². The topological polar surface area (TPSA) is 44.1 Å². The molecule has 76 valence electrons. The Morgan fingerprint density at radius 1 is 1.33 bits per heavy atom. The van der Waals surface area contributed by atoms with Crippen molar-refractivity contribution in [3.05, 3.63) is 53.0 Å². The monoisotopic (exact) mass is 266 g/mol. The van der Waals surface area contributed by atoms with E-state index in [0.717, 1.165) is 4.47 Å². The van der Waals surface area contributed by atoms with Gasteiger partial charge >= 0.3 is 5.97 Å². The average Bonchev–Trinajstić information content (AvgIpc) is 2.71. The Bertz CT molecular complexity index is 451. The summed E-state index contributed by atoms with van der Waals surface area (Å²) < 4.78 is 2.14. The highest BCUT2D eigenvalue weighted by molar-refractivity contribution is 9.10. The fourth-order valence-corrected chi connectivity index (χ4v) is 1.25. The van der Waals surface area contributed by atoms with Crippen molar-refractivity contribution in [1.82, 2.24) is 9.71 Å². The maximum absolute atomic E-state index is 11.5. The number of rotatable bonds is 2. The van der Waals surface area contributed by atoms with E-state index >= 15 is 0 Å². The van der Waals surface area contributed by atoms with Crippen LogP contribution in [0.25, 0.3) is 0 Å². The Morgan fingerprint density at radius 2 is 2.07 bits per heavy atom. The number of carbonyl (C=O) groups is 1. The molecule has 0 amide bonds. The van der Waals surface area contributed by atoms with Crippen LogP contribution in [0.4, 0.5) is 0 Å². The molecule has 0 saturated carbocycles. The first-order valence-electron chi connectivity index (χ1n) is 4.23. The summed E-state index contributed by atoms with van der Waals surface area (Å²) in [6.07, 6.45) is 4.82. The van der Waals surface area contributed by atoms with Crippen LogP contribution in [-0.2, 0) is 0 Å². The largest absolute Gasteiger partial charge is 0.381 e. The lowest BCUT2D eigenvalue weighted by Gasteiger charge is -2.02. The van der Waals surface area contributed by atoms with Crippen molar-refractivity contribution in [2.75, 3.05) is 0 Å². The molecule has 0 aromatic carbocycles. The third-order valence-electron chi connectivity index (χ3n) is 1.70. The molecule has 15 heavy (non-hydrogen) atoms. The van der Waals surface area contributed by atoms with E-state index in [9.17, 15) is 4.79 Å². The Balaban J connectivity index is 2.11. The molecule has 0 unspecified atom stereocenters. The van der Waals surface area contributed by atoms with Crippen LogP contribution in [0, 0.1) is 0 Å². The maximum atomic E-state index is 11.5. The number of carbonyl (C=O) groups excluding carboxylic acids is 1. The molecule has 0 aliphatic carbocycles. The van der Waals surface area contributed by atoms with Gasteiger partial charge in [0.2, 0.25) is 0 Å². The zero-order valence-electron chi connectivity index (χ0n) is 7.63. The molecule has 2 aromatic heterocycles. The molecular formula is C10H7BrN2O2. The fourth-order valence-electron chi connectivity index (χ4n) is 1.02. The predicted octanol–water partition coefficient (Wildman–Crippen LogP) is 1.91. The van der Waals surface area contributed by atoms with Gasteiger partial charge in [-0.3, -0.25) is 0 Å². The Kier molecular flexibility index (Phi) is 2.82. The molecule has 2 heterocycles. The van der Waals surface area contributed by atoms with Gasteiger partial charge in [0.1, 0.15) is 0 Å². The molecule has 0 spiro atoms. The van der Waals surface area contributed by atoms with Gasteiger partial charge in [-0.1, -0.05) is 0 Å². The quantitative estimate of drug-likeness (QED) is 0.834. The van der Waals surface area contributed by atoms with E-state index in [-0.39, 0.29) is 5.69 Å². The molecule has 4 nitrogen and oxygen atoms in total. The fraction of sp³-hybridized carbons (Fsp3) is 0. The Labute approximate surface area is 94.6 Å². The summed E-state index contributed by atoms with van der Waals surface area (Å²) in [4.78, 5) is 20.4. The summed E-state index contributed by atoms with van der Waals surface area (Å²) in [5.74, 6) is -0.487. The molecule has 5 heteroatoms. The molecular weight excluding hydrogens is 260 g/mol. The Morgan fingerprint density at radius 3 is 2.67 bits per heavy atom. The number of pyridine rings is 1. The molecule has 0 fully saturated rings. The van der Waals surface area contributed by atoms with Crippen LogP contribution in [0.2, 0.25) is 0 Å². The predicted molar refractivity (Wildman–Crippen MR) is 57.3 cm³/mol. The first-order chi connectivity index (χ1) is 7.25. The van der Waals surface area contributed by atoms with Crippen LogP contribution in [-0.4, -0.2) is 15.7 Å². The van der Waals surface area contributed by atoms with Crippen LogP contribution in [0.15, 0.2) is 47.3 Å². The molecule has 0 aliphatic heterocycles. The molecule has 0 N–H and O–H groups in total.